The molecular weight excluding hydrogens is 250 g/mol. The summed E-state index contributed by atoms with van der Waals surface area (Å²) in [5.41, 5.74) is 12.7. The molecule has 3 rings (SSSR count). The minimum absolute atomic E-state index is 0.528. The van der Waals surface area contributed by atoms with E-state index in [1.165, 1.54) is 0 Å². The molecule has 0 spiro atoms. The molecule has 0 amide bonds. The molecule has 1 aromatic carbocycles. The average Bonchev–Trinajstić information content (AvgIpc) is 2.79. The number of likely N-dealkylation sites (tertiary alicyclic amines) is 1. The summed E-state index contributed by atoms with van der Waals surface area (Å²) in [5.74, 6) is 1.95. The Bertz CT molecular complexity index is 612. The predicted molar refractivity (Wildman–Crippen MR) is 81.0 cm³/mol. The Morgan fingerprint density at radius 3 is 2.85 bits per heavy atom. The molecule has 2 atom stereocenters. The van der Waals surface area contributed by atoms with Crippen LogP contribution in [-0.4, -0.2) is 34.0 Å². The van der Waals surface area contributed by atoms with Crippen LogP contribution in [-0.2, 0) is 6.54 Å². The van der Waals surface area contributed by atoms with Crippen LogP contribution < -0.4 is 11.5 Å². The summed E-state index contributed by atoms with van der Waals surface area (Å²) in [5, 5.41) is 0.922. The normalized spacial score (nSPS) is 23.5. The Hall–Kier alpha value is -1.72. The number of hydrogen-bond acceptors (Lipinski definition) is 5. The van der Waals surface area contributed by atoms with Crippen molar-refractivity contribution in [2.75, 3.05) is 18.8 Å². The summed E-state index contributed by atoms with van der Waals surface area (Å²) in [6, 6.07) is 8.39. The molecule has 1 aromatic heterocycles. The largest absolute Gasteiger partial charge is 0.383 e. The first-order valence-corrected chi connectivity index (χ1v) is 7.12. The first kappa shape index (κ1) is 13.3. The van der Waals surface area contributed by atoms with Gasteiger partial charge >= 0.3 is 0 Å². The van der Waals surface area contributed by atoms with E-state index in [0.29, 0.717) is 17.8 Å². The van der Waals surface area contributed by atoms with E-state index in [-0.39, 0.29) is 0 Å². The molecule has 0 saturated carbocycles. The van der Waals surface area contributed by atoms with Crippen molar-refractivity contribution in [1.29, 1.82) is 0 Å². The Morgan fingerprint density at radius 1 is 1.30 bits per heavy atom. The molecule has 5 heteroatoms. The highest BCUT2D eigenvalue weighted by Gasteiger charge is 2.28. The van der Waals surface area contributed by atoms with E-state index >= 15 is 0 Å². The lowest BCUT2D eigenvalue weighted by molar-refractivity contribution is 0.250. The zero-order valence-electron chi connectivity index (χ0n) is 11.8. The fourth-order valence-electron chi connectivity index (χ4n) is 3.01. The van der Waals surface area contributed by atoms with Gasteiger partial charge in [0.05, 0.1) is 12.1 Å². The van der Waals surface area contributed by atoms with Gasteiger partial charge in [0.2, 0.25) is 0 Å². The minimum Gasteiger partial charge on any atom is -0.383 e. The number of hydrogen-bond donors (Lipinski definition) is 2. The molecule has 0 radical (unpaired) electrons. The molecule has 1 aliphatic heterocycles. The van der Waals surface area contributed by atoms with Crippen LogP contribution >= 0.6 is 0 Å². The molecule has 1 aliphatic rings. The highest BCUT2D eigenvalue weighted by atomic mass is 15.2. The molecule has 2 aromatic rings. The van der Waals surface area contributed by atoms with Gasteiger partial charge in [0.15, 0.2) is 0 Å². The molecule has 2 unspecified atom stereocenters. The Labute approximate surface area is 119 Å². The molecule has 1 fully saturated rings. The third-order valence-corrected chi connectivity index (χ3v) is 4.15. The lowest BCUT2D eigenvalue weighted by atomic mass is 10.1. The number of nitrogens with zero attached hydrogens (tertiary/aromatic N) is 3. The van der Waals surface area contributed by atoms with Crippen molar-refractivity contribution in [1.82, 2.24) is 14.9 Å². The lowest BCUT2D eigenvalue weighted by Crippen LogP contribution is -2.28. The molecule has 2 heterocycles. The van der Waals surface area contributed by atoms with Crippen LogP contribution in [0.25, 0.3) is 10.9 Å². The van der Waals surface area contributed by atoms with E-state index in [1.54, 1.807) is 0 Å². The number of benzene rings is 1. The first-order valence-electron chi connectivity index (χ1n) is 7.12. The van der Waals surface area contributed by atoms with Crippen LogP contribution in [0.2, 0.25) is 0 Å². The zero-order valence-corrected chi connectivity index (χ0v) is 11.8. The molecule has 0 aliphatic carbocycles. The molecule has 5 nitrogen and oxygen atoms in total. The summed E-state index contributed by atoms with van der Waals surface area (Å²) >= 11 is 0. The maximum absolute atomic E-state index is 6.03. The van der Waals surface area contributed by atoms with Gasteiger partial charge in [0, 0.05) is 18.0 Å². The van der Waals surface area contributed by atoms with Crippen molar-refractivity contribution < 1.29 is 0 Å². The number of rotatable bonds is 3. The second-order valence-corrected chi connectivity index (χ2v) is 5.66. The van der Waals surface area contributed by atoms with Crippen molar-refractivity contribution in [3.63, 3.8) is 0 Å². The second-order valence-electron chi connectivity index (χ2n) is 5.66. The maximum atomic E-state index is 6.03. The van der Waals surface area contributed by atoms with E-state index in [9.17, 15) is 0 Å². The molecule has 106 valence electrons. The summed E-state index contributed by atoms with van der Waals surface area (Å²) < 4.78 is 0. The summed E-state index contributed by atoms with van der Waals surface area (Å²) in [7, 11) is 0. The number of fused-ring (bicyclic) bond motifs is 1. The van der Waals surface area contributed by atoms with E-state index < -0.39 is 0 Å². The number of aromatic nitrogens is 2. The van der Waals surface area contributed by atoms with Crippen molar-refractivity contribution in [2.24, 2.45) is 11.7 Å². The van der Waals surface area contributed by atoms with Crippen molar-refractivity contribution in [3.05, 3.63) is 30.1 Å². The van der Waals surface area contributed by atoms with Gasteiger partial charge in [-0.2, -0.15) is 0 Å². The number of para-hydroxylation sites is 1. The number of nitrogen functional groups attached to an aromatic ring is 1. The fourth-order valence-corrected chi connectivity index (χ4v) is 3.01. The van der Waals surface area contributed by atoms with Crippen LogP contribution in [0.5, 0.6) is 0 Å². The number of nitrogens with two attached hydrogens (primary N) is 2. The molecule has 0 bridgehead atoms. The molecule has 20 heavy (non-hydrogen) atoms. The van der Waals surface area contributed by atoms with Crippen LogP contribution in [0, 0.1) is 5.92 Å². The standard InChI is InChI=1S/C15H21N5/c1-10-6-11(7-16)8-20(10)9-14-18-13-5-3-2-4-12(13)15(17)19-14/h2-5,10-11H,6-9,16H2,1H3,(H2,17,18,19). The van der Waals surface area contributed by atoms with E-state index in [4.69, 9.17) is 11.5 Å². The van der Waals surface area contributed by atoms with Gasteiger partial charge in [-0.15, -0.1) is 0 Å². The Kier molecular flexibility index (Phi) is 3.54. The summed E-state index contributed by atoms with van der Waals surface area (Å²) in [6.45, 7) is 4.75. The quantitative estimate of drug-likeness (QED) is 0.881. The average molecular weight is 271 g/mol. The van der Waals surface area contributed by atoms with Gasteiger partial charge in [0.25, 0.3) is 0 Å². The van der Waals surface area contributed by atoms with Crippen LogP contribution in [0.4, 0.5) is 5.82 Å². The predicted octanol–water partition coefficient (Wildman–Crippen LogP) is 1.38. The Balaban J connectivity index is 1.84. The third kappa shape index (κ3) is 2.46. The monoisotopic (exact) mass is 271 g/mol. The van der Waals surface area contributed by atoms with Crippen LogP contribution in [0.15, 0.2) is 24.3 Å². The van der Waals surface area contributed by atoms with Gasteiger partial charge in [-0.05, 0) is 37.9 Å². The van der Waals surface area contributed by atoms with E-state index in [1.807, 2.05) is 24.3 Å². The molecular formula is C15H21N5. The molecule has 4 N–H and O–H groups in total. The lowest BCUT2D eigenvalue weighted by Gasteiger charge is -2.20. The highest BCUT2D eigenvalue weighted by molar-refractivity contribution is 5.87. The van der Waals surface area contributed by atoms with E-state index in [0.717, 1.165) is 42.8 Å². The van der Waals surface area contributed by atoms with Gasteiger partial charge in [0.1, 0.15) is 11.6 Å². The van der Waals surface area contributed by atoms with Gasteiger partial charge in [-0.3, -0.25) is 4.90 Å². The first-order chi connectivity index (χ1) is 9.67. The number of anilines is 1. The van der Waals surface area contributed by atoms with Crippen molar-refractivity contribution in [3.8, 4) is 0 Å². The van der Waals surface area contributed by atoms with Crippen LogP contribution in [0.1, 0.15) is 19.2 Å². The van der Waals surface area contributed by atoms with Gasteiger partial charge < -0.3 is 11.5 Å². The summed E-state index contributed by atoms with van der Waals surface area (Å²) in [4.78, 5) is 11.5. The topological polar surface area (TPSA) is 81.1 Å². The SMILES string of the molecule is CC1CC(CN)CN1Cc1nc(N)c2ccccc2n1. The fraction of sp³-hybridized carbons (Fsp3) is 0.467. The van der Waals surface area contributed by atoms with Crippen molar-refractivity contribution >= 4 is 16.7 Å². The molecule has 1 saturated heterocycles. The summed E-state index contributed by atoms with van der Waals surface area (Å²) in [6.07, 6.45) is 1.15. The van der Waals surface area contributed by atoms with Gasteiger partial charge in [-0.25, -0.2) is 9.97 Å². The van der Waals surface area contributed by atoms with Gasteiger partial charge in [-0.1, -0.05) is 12.1 Å². The smallest absolute Gasteiger partial charge is 0.145 e. The maximum Gasteiger partial charge on any atom is 0.145 e. The van der Waals surface area contributed by atoms with Crippen LogP contribution in [0.3, 0.4) is 0 Å². The third-order valence-electron chi connectivity index (χ3n) is 4.15. The van der Waals surface area contributed by atoms with E-state index in [2.05, 4.69) is 21.8 Å². The zero-order chi connectivity index (χ0) is 14.1. The minimum atomic E-state index is 0.528. The Morgan fingerprint density at radius 2 is 2.10 bits per heavy atom. The second kappa shape index (κ2) is 5.34. The highest BCUT2D eigenvalue weighted by Crippen LogP contribution is 2.24. The van der Waals surface area contributed by atoms with Crippen molar-refractivity contribution in [2.45, 2.75) is 25.9 Å².